The summed E-state index contributed by atoms with van der Waals surface area (Å²) in [5.41, 5.74) is 2.37. The molecule has 0 aliphatic rings. The van der Waals surface area contributed by atoms with Crippen molar-refractivity contribution in [2.24, 2.45) is 0 Å². The van der Waals surface area contributed by atoms with Gasteiger partial charge in [-0.25, -0.2) is 4.98 Å². The zero-order valence-corrected chi connectivity index (χ0v) is 20.6. The van der Waals surface area contributed by atoms with E-state index in [4.69, 9.17) is 14.2 Å². The number of esters is 1. The van der Waals surface area contributed by atoms with Crippen LogP contribution in [0.3, 0.4) is 0 Å². The summed E-state index contributed by atoms with van der Waals surface area (Å²) in [6.07, 6.45) is 4.23. The topological polar surface area (TPSA) is 128 Å². The van der Waals surface area contributed by atoms with Gasteiger partial charge in [-0.1, -0.05) is 18.2 Å². The summed E-state index contributed by atoms with van der Waals surface area (Å²) in [6, 6.07) is 14.4. The summed E-state index contributed by atoms with van der Waals surface area (Å²) in [7, 11) is 3.02. The number of anilines is 1. The lowest BCUT2D eigenvalue weighted by atomic mass is 10.1. The van der Waals surface area contributed by atoms with Crippen LogP contribution in [0.5, 0.6) is 17.2 Å². The number of nitriles is 1. The average Bonchev–Trinajstić information content (AvgIpc) is 3.29. The fraction of sp³-hybridized carbons (Fsp3) is 0.148. The van der Waals surface area contributed by atoms with Crippen LogP contribution in [0, 0.1) is 18.3 Å². The largest absolute Gasteiger partial charge is 0.494 e. The van der Waals surface area contributed by atoms with E-state index in [-0.39, 0.29) is 17.1 Å². The fourth-order valence-electron chi connectivity index (χ4n) is 3.73. The molecule has 0 atom stereocenters. The number of hydrogen-bond acceptors (Lipinski definition) is 8. The maximum absolute atomic E-state index is 12.8. The molecule has 0 saturated heterocycles. The normalized spacial score (nSPS) is 10.8. The highest BCUT2D eigenvalue weighted by atomic mass is 16.6. The summed E-state index contributed by atoms with van der Waals surface area (Å²) in [5, 5.41) is 17.5. The van der Waals surface area contributed by atoms with Crippen molar-refractivity contribution in [2.45, 2.75) is 13.8 Å². The van der Waals surface area contributed by atoms with E-state index in [0.29, 0.717) is 28.4 Å². The van der Waals surface area contributed by atoms with Gasteiger partial charge in [-0.15, -0.1) is 0 Å². The second kappa shape index (κ2) is 10.6. The Morgan fingerprint density at radius 1 is 1.08 bits per heavy atom. The number of aromatic nitrogens is 3. The van der Waals surface area contributed by atoms with E-state index in [0.717, 1.165) is 10.9 Å². The average molecular weight is 498 g/mol. The van der Waals surface area contributed by atoms with Crippen LogP contribution in [0.15, 0.2) is 54.7 Å². The van der Waals surface area contributed by atoms with Crippen molar-refractivity contribution in [2.75, 3.05) is 19.5 Å². The third-order valence-electron chi connectivity index (χ3n) is 5.43. The number of fused-ring (bicyclic) bond motifs is 1. The SMILES string of the molecule is COc1cc(/C=C/C(=O)Nc2c(C#N)cnn2-c2cc(C)c3cccc(OC)c3n2)ccc1OC(C)=O. The van der Waals surface area contributed by atoms with Gasteiger partial charge in [-0.3, -0.25) is 9.59 Å². The molecule has 0 fully saturated rings. The maximum Gasteiger partial charge on any atom is 0.308 e. The Hall–Kier alpha value is -5.17. The molecule has 0 unspecified atom stereocenters. The Kier molecular flexibility index (Phi) is 7.16. The minimum absolute atomic E-state index is 0.175. The highest BCUT2D eigenvalue weighted by Crippen LogP contribution is 2.30. The van der Waals surface area contributed by atoms with Gasteiger partial charge in [-0.2, -0.15) is 15.0 Å². The van der Waals surface area contributed by atoms with Crippen LogP contribution >= 0.6 is 0 Å². The summed E-state index contributed by atoms with van der Waals surface area (Å²) in [6.45, 7) is 3.23. The number of nitrogens with one attached hydrogen (secondary N) is 1. The highest BCUT2D eigenvalue weighted by Gasteiger charge is 2.17. The lowest BCUT2D eigenvalue weighted by molar-refractivity contribution is -0.132. The van der Waals surface area contributed by atoms with Gasteiger partial charge in [0.05, 0.1) is 20.4 Å². The molecule has 2 aromatic heterocycles. The zero-order chi connectivity index (χ0) is 26.5. The number of pyridine rings is 1. The Morgan fingerprint density at radius 3 is 2.57 bits per heavy atom. The molecular formula is C27H23N5O5. The first-order valence-corrected chi connectivity index (χ1v) is 11.1. The zero-order valence-electron chi connectivity index (χ0n) is 20.6. The van der Waals surface area contributed by atoms with E-state index in [2.05, 4.69) is 15.4 Å². The molecule has 37 heavy (non-hydrogen) atoms. The molecule has 4 rings (SSSR count). The molecular weight excluding hydrogens is 474 g/mol. The first-order valence-electron chi connectivity index (χ1n) is 11.1. The highest BCUT2D eigenvalue weighted by molar-refractivity contribution is 6.02. The minimum atomic E-state index is -0.489. The lowest BCUT2D eigenvalue weighted by Crippen LogP contribution is -2.14. The second-order valence-corrected chi connectivity index (χ2v) is 7.91. The Balaban J connectivity index is 1.64. The third-order valence-corrected chi connectivity index (χ3v) is 5.43. The molecule has 0 aliphatic carbocycles. The van der Waals surface area contributed by atoms with Crippen LogP contribution in [0.1, 0.15) is 23.6 Å². The number of rotatable bonds is 7. The van der Waals surface area contributed by atoms with E-state index in [1.54, 1.807) is 31.4 Å². The molecule has 0 radical (unpaired) electrons. The molecule has 10 heteroatoms. The molecule has 0 saturated carbocycles. The van der Waals surface area contributed by atoms with Crippen LogP contribution in [0.2, 0.25) is 0 Å². The standard InChI is InChI=1S/C27H23N5O5/c1-16-12-24(30-26-20(16)6-5-7-22(26)35-3)32-27(19(14-28)15-29-32)31-25(34)11-9-18-8-10-21(37-17(2)33)23(13-18)36-4/h5-13,15H,1-4H3,(H,31,34)/b11-9+. The fourth-order valence-corrected chi connectivity index (χ4v) is 3.73. The van der Waals surface area contributed by atoms with Gasteiger partial charge in [-0.05, 0) is 48.4 Å². The van der Waals surface area contributed by atoms with Crippen LogP contribution in [-0.4, -0.2) is 40.9 Å². The molecule has 0 bridgehead atoms. The predicted molar refractivity (Wildman–Crippen MR) is 137 cm³/mol. The quantitative estimate of drug-likeness (QED) is 0.229. The van der Waals surface area contributed by atoms with E-state index in [1.807, 2.05) is 37.3 Å². The van der Waals surface area contributed by atoms with Gasteiger partial charge in [0.1, 0.15) is 22.9 Å². The van der Waals surface area contributed by atoms with Crippen molar-refractivity contribution < 1.29 is 23.8 Å². The molecule has 10 nitrogen and oxygen atoms in total. The van der Waals surface area contributed by atoms with Gasteiger partial charge >= 0.3 is 5.97 Å². The number of carbonyl (C=O) groups excluding carboxylic acids is 2. The first-order chi connectivity index (χ1) is 17.8. The molecule has 2 heterocycles. The Labute approximate surface area is 212 Å². The summed E-state index contributed by atoms with van der Waals surface area (Å²) < 4.78 is 17.2. The van der Waals surface area contributed by atoms with Crippen LogP contribution in [0.4, 0.5) is 5.82 Å². The molecule has 0 spiro atoms. The number of hydrogen-bond donors (Lipinski definition) is 1. The number of para-hydroxylation sites is 1. The lowest BCUT2D eigenvalue weighted by Gasteiger charge is -2.12. The van der Waals surface area contributed by atoms with Gasteiger partial charge in [0, 0.05) is 18.4 Å². The second-order valence-electron chi connectivity index (χ2n) is 7.91. The van der Waals surface area contributed by atoms with Gasteiger partial charge in [0.2, 0.25) is 5.91 Å². The molecule has 1 N–H and O–H groups in total. The van der Waals surface area contributed by atoms with Crippen molar-refractivity contribution in [3.63, 3.8) is 0 Å². The van der Waals surface area contributed by atoms with Gasteiger partial charge in [0.15, 0.2) is 23.1 Å². The van der Waals surface area contributed by atoms with Gasteiger partial charge in [0.25, 0.3) is 0 Å². The number of benzene rings is 2. The summed E-state index contributed by atoms with van der Waals surface area (Å²) in [5.74, 6) is 0.850. The number of nitrogens with zero attached hydrogens (tertiary/aromatic N) is 4. The first kappa shape index (κ1) is 24.9. The number of methoxy groups -OCH3 is 2. The Bertz CT molecular complexity index is 1580. The number of amides is 1. The molecule has 0 aliphatic heterocycles. The summed E-state index contributed by atoms with van der Waals surface area (Å²) in [4.78, 5) is 28.7. The van der Waals surface area contributed by atoms with E-state index in [9.17, 15) is 14.9 Å². The molecule has 2 aromatic carbocycles. The van der Waals surface area contributed by atoms with Crippen LogP contribution < -0.4 is 19.5 Å². The minimum Gasteiger partial charge on any atom is -0.494 e. The smallest absolute Gasteiger partial charge is 0.308 e. The van der Waals surface area contributed by atoms with E-state index >= 15 is 0 Å². The van der Waals surface area contributed by atoms with Crippen LogP contribution in [-0.2, 0) is 9.59 Å². The van der Waals surface area contributed by atoms with Crippen molar-refractivity contribution in [3.8, 4) is 29.1 Å². The third kappa shape index (κ3) is 5.26. The van der Waals surface area contributed by atoms with Crippen molar-refractivity contribution in [1.29, 1.82) is 5.26 Å². The van der Waals surface area contributed by atoms with Crippen molar-refractivity contribution in [3.05, 3.63) is 71.4 Å². The van der Waals surface area contributed by atoms with Crippen molar-refractivity contribution in [1.82, 2.24) is 14.8 Å². The van der Waals surface area contributed by atoms with Crippen LogP contribution in [0.25, 0.3) is 22.8 Å². The van der Waals surface area contributed by atoms with E-state index in [1.165, 1.54) is 31.0 Å². The molecule has 1 amide bonds. The number of aryl methyl sites for hydroxylation is 1. The molecule has 4 aromatic rings. The van der Waals surface area contributed by atoms with Gasteiger partial charge < -0.3 is 19.5 Å². The molecule has 186 valence electrons. The Morgan fingerprint density at radius 2 is 1.86 bits per heavy atom. The number of carbonyl (C=O) groups is 2. The number of ether oxygens (including phenoxy) is 3. The maximum atomic E-state index is 12.8. The van der Waals surface area contributed by atoms with E-state index < -0.39 is 11.9 Å². The predicted octanol–water partition coefficient (Wildman–Crippen LogP) is 4.20. The van der Waals surface area contributed by atoms with Crippen molar-refractivity contribution >= 4 is 34.7 Å². The monoisotopic (exact) mass is 497 g/mol. The summed E-state index contributed by atoms with van der Waals surface area (Å²) >= 11 is 0.